The molecule has 1 aromatic rings. The predicted octanol–water partition coefficient (Wildman–Crippen LogP) is 1.17. The molecule has 1 heterocycles. The number of likely N-dealkylation sites (tertiary alicyclic amines) is 1. The molecular weight excluding hydrogens is 316 g/mol. The molecule has 0 aromatic heterocycles. The number of methoxy groups -OCH3 is 1. The zero-order chi connectivity index (χ0) is 16.7. The maximum Gasteiger partial charge on any atom is 0.237 e. The van der Waals surface area contributed by atoms with Crippen molar-refractivity contribution >= 4 is 15.9 Å². The van der Waals surface area contributed by atoms with Crippen LogP contribution in [0.25, 0.3) is 0 Å². The van der Waals surface area contributed by atoms with E-state index in [0.29, 0.717) is 12.2 Å². The maximum atomic E-state index is 12.0. The van der Waals surface area contributed by atoms with E-state index in [1.165, 1.54) is 0 Å². The minimum atomic E-state index is -3.47. The molecule has 0 bridgehead atoms. The quantitative estimate of drug-likeness (QED) is 0.808. The molecule has 7 heteroatoms. The monoisotopic (exact) mass is 340 g/mol. The second-order valence-corrected chi connectivity index (χ2v) is 7.61. The van der Waals surface area contributed by atoms with E-state index in [0.717, 1.165) is 37.9 Å². The molecule has 0 saturated carbocycles. The van der Waals surface area contributed by atoms with Gasteiger partial charge < -0.3 is 9.64 Å². The molecule has 1 aliphatic heterocycles. The topological polar surface area (TPSA) is 75.7 Å². The van der Waals surface area contributed by atoms with Gasteiger partial charge in [-0.15, -0.1) is 0 Å². The first-order chi connectivity index (χ1) is 11.0. The lowest BCUT2D eigenvalue weighted by Crippen LogP contribution is -2.43. The molecule has 6 nitrogen and oxygen atoms in total. The molecular formula is C16H24N2O4S. The van der Waals surface area contributed by atoms with Crippen LogP contribution in [0.1, 0.15) is 24.8 Å². The van der Waals surface area contributed by atoms with Crippen molar-refractivity contribution in [3.05, 3.63) is 29.8 Å². The summed E-state index contributed by atoms with van der Waals surface area (Å²) < 4.78 is 31.6. The Morgan fingerprint density at radius 3 is 2.70 bits per heavy atom. The first-order valence-electron chi connectivity index (χ1n) is 7.88. The Morgan fingerprint density at radius 2 is 2.00 bits per heavy atom. The second kappa shape index (κ2) is 8.31. The molecule has 23 heavy (non-hydrogen) atoms. The van der Waals surface area contributed by atoms with E-state index in [9.17, 15) is 13.2 Å². The van der Waals surface area contributed by atoms with Gasteiger partial charge in [0.25, 0.3) is 0 Å². The van der Waals surface area contributed by atoms with E-state index < -0.39 is 10.0 Å². The number of sulfonamides is 1. The SMILES string of the molecule is COc1cccc(CCS(=O)(=O)NCC(=O)N2CCCCC2)c1. The van der Waals surface area contributed by atoms with Gasteiger partial charge in [0.2, 0.25) is 15.9 Å². The first-order valence-corrected chi connectivity index (χ1v) is 9.53. The van der Waals surface area contributed by atoms with Crippen LogP contribution in [0.15, 0.2) is 24.3 Å². The Bertz CT molecular complexity index is 625. The Morgan fingerprint density at radius 1 is 1.26 bits per heavy atom. The van der Waals surface area contributed by atoms with E-state index >= 15 is 0 Å². The number of hydrogen-bond donors (Lipinski definition) is 1. The Balaban J connectivity index is 1.80. The number of nitrogens with zero attached hydrogens (tertiary/aromatic N) is 1. The van der Waals surface area contributed by atoms with Gasteiger partial charge in [0.15, 0.2) is 0 Å². The molecule has 0 spiro atoms. The van der Waals surface area contributed by atoms with Crippen LogP contribution in [0.2, 0.25) is 0 Å². The van der Waals surface area contributed by atoms with Crippen LogP contribution in [0.4, 0.5) is 0 Å². The van der Waals surface area contributed by atoms with Gasteiger partial charge in [0.05, 0.1) is 19.4 Å². The number of benzene rings is 1. The fraction of sp³-hybridized carbons (Fsp3) is 0.562. The number of piperidine rings is 1. The molecule has 1 saturated heterocycles. The molecule has 0 atom stereocenters. The smallest absolute Gasteiger partial charge is 0.237 e. The van der Waals surface area contributed by atoms with Crippen molar-refractivity contribution in [3.63, 3.8) is 0 Å². The number of hydrogen-bond acceptors (Lipinski definition) is 4. The van der Waals surface area contributed by atoms with Crippen molar-refractivity contribution in [2.45, 2.75) is 25.7 Å². The highest BCUT2D eigenvalue weighted by molar-refractivity contribution is 7.89. The van der Waals surface area contributed by atoms with Crippen molar-refractivity contribution in [2.75, 3.05) is 32.5 Å². The number of rotatable bonds is 7. The summed E-state index contributed by atoms with van der Waals surface area (Å²) in [4.78, 5) is 13.7. The highest BCUT2D eigenvalue weighted by Gasteiger charge is 2.19. The number of nitrogens with one attached hydrogen (secondary N) is 1. The van der Waals surface area contributed by atoms with Gasteiger partial charge in [-0.25, -0.2) is 13.1 Å². The molecule has 1 N–H and O–H groups in total. The molecule has 1 amide bonds. The van der Waals surface area contributed by atoms with Crippen LogP contribution < -0.4 is 9.46 Å². The van der Waals surface area contributed by atoms with E-state index in [4.69, 9.17) is 4.74 Å². The van der Waals surface area contributed by atoms with E-state index in [-0.39, 0.29) is 18.2 Å². The minimum absolute atomic E-state index is 0.0482. The van der Waals surface area contributed by atoms with Crippen molar-refractivity contribution in [3.8, 4) is 5.75 Å². The summed E-state index contributed by atoms with van der Waals surface area (Å²) in [6.45, 7) is 1.30. The number of carbonyl (C=O) groups excluding carboxylic acids is 1. The molecule has 1 fully saturated rings. The van der Waals surface area contributed by atoms with Crippen molar-refractivity contribution in [1.82, 2.24) is 9.62 Å². The minimum Gasteiger partial charge on any atom is -0.497 e. The Labute approximate surface area is 137 Å². The standard InChI is InChI=1S/C16H24N2O4S/c1-22-15-7-5-6-14(12-15)8-11-23(20,21)17-13-16(19)18-9-3-2-4-10-18/h5-7,12,17H,2-4,8-11,13H2,1H3. The number of ether oxygens (including phenoxy) is 1. The Hall–Kier alpha value is -1.60. The zero-order valence-electron chi connectivity index (χ0n) is 13.5. The fourth-order valence-corrected chi connectivity index (χ4v) is 3.57. The number of carbonyl (C=O) groups is 1. The van der Waals surface area contributed by atoms with Crippen LogP contribution in [0.3, 0.4) is 0 Å². The third kappa shape index (κ3) is 5.84. The Kier molecular flexibility index (Phi) is 6.41. The van der Waals surface area contributed by atoms with Gasteiger partial charge in [-0.3, -0.25) is 4.79 Å². The highest BCUT2D eigenvalue weighted by Crippen LogP contribution is 2.13. The van der Waals surface area contributed by atoms with Crippen molar-refractivity contribution < 1.29 is 17.9 Å². The summed E-state index contributed by atoms with van der Waals surface area (Å²) in [5.74, 6) is 0.510. The van der Waals surface area contributed by atoms with Gasteiger partial charge >= 0.3 is 0 Å². The average Bonchev–Trinajstić information content (AvgIpc) is 2.59. The summed E-state index contributed by atoms with van der Waals surface area (Å²) in [7, 11) is -1.90. The fourth-order valence-electron chi connectivity index (χ4n) is 2.58. The normalized spacial score (nSPS) is 15.4. The number of amides is 1. The van der Waals surface area contributed by atoms with Gasteiger partial charge in [-0.05, 0) is 43.4 Å². The summed E-state index contributed by atoms with van der Waals surface area (Å²) >= 11 is 0. The van der Waals surface area contributed by atoms with Gasteiger partial charge in [0.1, 0.15) is 5.75 Å². The molecule has 128 valence electrons. The first kappa shape index (κ1) is 17.7. The van der Waals surface area contributed by atoms with Crippen LogP contribution in [-0.2, 0) is 21.2 Å². The summed E-state index contributed by atoms with van der Waals surface area (Å²) in [5, 5.41) is 0. The van der Waals surface area contributed by atoms with Crippen LogP contribution in [0.5, 0.6) is 5.75 Å². The lowest BCUT2D eigenvalue weighted by Gasteiger charge is -2.26. The summed E-state index contributed by atoms with van der Waals surface area (Å²) in [6.07, 6.45) is 3.50. The largest absolute Gasteiger partial charge is 0.497 e. The molecule has 0 unspecified atom stereocenters. The van der Waals surface area contributed by atoms with Gasteiger partial charge in [0, 0.05) is 13.1 Å². The highest BCUT2D eigenvalue weighted by atomic mass is 32.2. The van der Waals surface area contributed by atoms with E-state index in [1.807, 2.05) is 24.3 Å². The average molecular weight is 340 g/mol. The van der Waals surface area contributed by atoms with Gasteiger partial charge in [-0.1, -0.05) is 12.1 Å². The maximum absolute atomic E-state index is 12.0. The third-order valence-electron chi connectivity index (χ3n) is 3.95. The molecule has 1 aromatic carbocycles. The van der Waals surface area contributed by atoms with Crippen LogP contribution >= 0.6 is 0 Å². The molecule has 0 aliphatic carbocycles. The van der Waals surface area contributed by atoms with E-state index in [2.05, 4.69) is 4.72 Å². The van der Waals surface area contributed by atoms with Gasteiger partial charge in [-0.2, -0.15) is 0 Å². The summed E-state index contributed by atoms with van der Waals surface area (Å²) in [6, 6.07) is 7.31. The van der Waals surface area contributed by atoms with E-state index in [1.54, 1.807) is 12.0 Å². The predicted molar refractivity (Wildman–Crippen MR) is 88.9 cm³/mol. The van der Waals surface area contributed by atoms with Crippen LogP contribution in [-0.4, -0.2) is 51.7 Å². The second-order valence-electron chi connectivity index (χ2n) is 5.68. The number of aryl methyl sites for hydroxylation is 1. The molecule has 2 rings (SSSR count). The summed E-state index contributed by atoms with van der Waals surface area (Å²) in [5.41, 5.74) is 0.886. The zero-order valence-corrected chi connectivity index (χ0v) is 14.3. The van der Waals surface area contributed by atoms with Crippen molar-refractivity contribution in [2.24, 2.45) is 0 Å². The lowest BCUT2D eigenvalue weighted by molar-refractivity contribution is -0.130. The van der Waals surface area contributed by atoms with Crippen molar-refractivity contribution in [1.29, 1.82) is 0 Å². The van der Waals surface area contributed by atoms with Crippen LogP contribution in [0, 0.1) is 0 Å². The third-order valence-corrected chi connectivity index (χ3v) is 5.27. The molecule has 1 aliphatic rings. The lowest BCUT2D eigenvalue weighted by atomic mass is 10.1. The molecule has 0 radical (unpaired) electrons.